The fraction of sp³-hybridized carbons (Fsp3) is 0.950. The van der Waals surface area contributed by atoms with Gasteiger partial charge in [-0.1, -0.05) is 129 Å². The van der Waals surface area contributed by atoms with E-state index in [-0.39, 0.29) is 19.8 Å². The van der Waals surface area contributed by atoms with Crippen molar-refractivity contribution in [3.63, 3.8) is 0 Å². The molecule has 1 saturated carbocycles. The zero-order valence-corrected chi connectivity index (χ0v) is 37.4. The highest BCUT2D eigenvalue weighted by Crippen LogP contribution is 2.48. The van der Waals surface area contributed by atoms with Crippen molar-refractivity contribution >= 4 is 27.4 Å². The second-order valence-corrected chi connectivity index (χ2v) is 18.3. The molecule has 0 aromatic heterocycles. The topological polar surface area (TPSA) is 265 Å². The summed E-state index contributed by atoms with van der Waals surface area (Å²) in [7, 11) is -10.5. The van der Waals surface area contributed by atoms with Gasteiger partial charge in [-0.25, -0.2) is 9.13 Å². The minimum atomic E-state index is -5.29. The number of rotatable bonds is 39. The van der Waals surface area contributed by atoms with E-state index in [2.05, 4.69) is 11.4 Å². The van der Waals surface area contributed by atoms with Crippen molar-refractivity contribution in [1.29, 1.82) is 0 Å². The van der Waals surface area contributed by atoms with Gasteiger partial charge in [-0.3, -0.25) is 23.2 Å². The van der Waals surface area contributed by atoms with Crippen molar-refractivity contribution in [3.05, 3.63) is 0 Å². The molecule has 0 aromatic rings. The molecule has 1 aliphatic rings. The Morgan fingerprint density at radius 1 is 0.525 bits per heavy atom. The Morgan fingerprint density at radius 3 is 1.44 bits per heavy atom. The van der Waals surface area contributed by atoms with Crippen molar-refractivity contribution in [2.45, 2.75) is 217 Å². The number of carbonyl (C=O) groups is 2. The number of esters is 1. The molecule has 19 heteroatoms. The van der Waals surface area contributed by atoms with Crippen LogP contribution >= 0.6 is 15.6 Å². The van der Waals surface area contributed by atoms with Crippen molar-refractivity contribution in [3.8, 4) is 0 Å². The van der Waals surface area contributed by atoms with E-state index in [1.165, 1.54) is 51.4 Å². The van der Waals surface area contributed by atoms with Crippen LogP contribution in [0.3, 0.4) is 0 Å². The Kier molecular flexibility index (Phi) is 32.0. The third-order valence-corrected chi connectivity index (χ3v) is 11.8. The monoisotopic (exact) mass is 892 g/mol. The zero-order chi connectivity index (χ0) is 43.9. The molecule has 7 N–H and O–H groups in total. The summed E-state index contributed by atoms with van der Waals surface area (Å²) in [6, 6.07) is 0. The largest absolute Gasteiger partial charge is 0.472 e. The van der Waals surface area contributed by atoms with Crippen LogP contribution in [-0.4, -0.2) is 116 Å². The number of hydrogen-bond donors (Lipinski definition) is 7. The number of phosphoric acid groups is 2. The molecule has 0 aromatic carbocycles. The Balaban J connectivity index is 2.53. The Bertz CT molecular complexity index is 1160. The number of aliphatic hydroxyl groups is 4. The molecule has 1 rings (SSSR count). The van der Waals surface area contributed by atoms with E-state index in [1.807, 2.05) is 6.92 Å². The molecule has 4 unspecified atom stereocenters. The maximum absolute atomic E-state index is 12.9. The molecule has 8 atom stereocenters. The average Bonchev–Trinajstić information content (AvgIpc) is 3.18. The van der Waals surface area contributed by atoms with Gasteiger partial charge in [0, 0.05) is 25.9 Å². The normalized spacial score (nSPS) is 22.6. The lowest BCUT2D eigenvalue weighted by atomic mass is 9.85. The Hall–Kier alpha value is -0.880. The second kappa shape index (κ2) is 33.6. The molecular formula is C40H78O17P2. The standard InChI is InChI=1S/C40H78O17P2/c1-3-5-6-7-8-9-10-11-12-13-17-20-23-27-34(42)55-33(29-53-31-52-28-24-21-18-15-14-16-19-22-26-32(41)25-4-2)30-54-59(50,51)57-40-37(45)35(43)39(36(44)38(40)46)56-58(47,48)49/h33,35-40,43-46H,3-31H2,1-2H3,(H,50,51)(H2,47,48,49)/t33-,35-,36+,37+,38?,39?,40?/m1/s1. The summed E-state index contributed by atoms with van der Waals surface area (Å²) in [6.07, 6.45) is 10.9. The van der Waals surface area contributed by atoms with Crippen LogP contribution in [0, 0.1) is 0 Å². The Morgan fingerprint density at radius 2 is 0.966 bits per heavy atom. The van der Waals surface area contributed by atoms with Gasteiger partial charge >= 0.3 is 21.6 Å². The smallest absolute Gasteiger partial charge is 0.457 e. The lowest BCUT2D eigenvalue weighted by Gasteiger charge is -2.43. The molecule has 59 heavy (non-hydrogen) atoms. The highest BCUT2D eigenvalue weighted by Gasteiger charge is 2.54. The maximum atomic E-state index is 12.9. The molecule has 0 saturated heterocycles. The van der Waals surface area contributed by atoms with E-state index in [1.54, 1.807) is 0 Å². The van der Waals surface area contributed by atoms with Gasteiger partial charge in [0.25, 0.3) is 0 Å². The summed E-state index contributed by atoms with van der Waals surface area (Å²) in [5.74, 6) is -0.229. The molecular weight excluding hydrogens is 814 g/mol. The first kappa shape index (κ1) is 56.1. The van der Waals surface area contributed by atoms with Crippen LogP contribution in [0.5, 0.6) is 0 Å². The number of ether oxygens (including phenoxy) is 3. The summed E-state index contributed by atoms with van der Waals surface area (Å²) in [5, 5.41) is 41.3. The van der Waals surface area contributed by atoms with E-state index >= 15 is 0 Å². The van der Waals surface area contributed by atoms with Gasteiger partial charge in [0.05, 0.1) is 13.2 Å². The lowest BCUT2D eigenvalue weighted by molar-refractivity contribution is -0.216. The first-order valence-corrected chi connectivity index (χ1v) is 25.1. The lowest BCUT2D eigenvalue weighted by Crippen LogP contribution is -2.64. The average molecular weight is 893 g/mol. The quantitative estimate of drug-likeness (QED) is 0.0147. The zero-order valence-electron chi connectivity index (χ0n) is 35.7. The molecule has 0 heterocycles. The van der Waals surface area contributed by atoms with Crippen LogP contribution in [-0.2, 0) is 46.5 Å². The molecule has 0 radical (unpaired) electrons. The van der Waals surface area contributed by atoms with Crippen LogP contribution in [0.2, 0.25) is 0 Å². The number of Topliss-reactive ketones (excluding diaryl/α,β-unsaturated/α-hetero) is 1. The third-order valence-electron chi connectivity index (χ3n) is 10.3. The number of ketones is 1. The van der Waals surface area contributed by atoms with E-state index < -0.39 is 70.9 Å². The molecule has 17 nitrogen and oxygen atoms in total. The molecule has 0 aliphatic heterocycles. The Labute approximate surface area is 352 Å². The van der Waals surface area contributed by atoms with Gasteiger partial charge in [-0.05, 0) is 25.7 Å². The number of unbranched alkanes of at least 4 members (excludes halogenated alkanes) is 19. The summed E-state index contributed by atoms with van der Waals surface area (Å²) >= 11 is 0. The van der Waals surface area contributed by atoms with Crippen molar-refractivity contribution in [1.82, 2.24) is 0 Å². The minimum absolute atomic E-state index is 0.102. The van der Waals surface area contributed by atoms with Crippen LogP contribution < -0.4 is 0 Å². The van der Waals surface area contributed by atoms with Gasteiger partial charge in [0.15, 0.2) is 0 Å². The van der Waals surface area contributed by atoms with Gasteiger partial charge in [0.1, 0.15) is 55.3 Å². The molecule has 350 valence electrons. The van der Waals surface area contributed by atoms with E-state index in [0.29, 0.717) is 31.7 Å². The summed E-state index contributed by atoms with van der Waals surface area (Å²) in [5.41, 5.74) is 0. The van der Waals surface area contributed by atoms with Gasteiger partial charge in [-0.2, -0.15) is 0 Å². The van der Waals surface area contributed by atoms with Crippen LogP contribution in [0.15, 0.2) is 0 Å². The van der Waals surface area contributed by atoms with Crippen molar-refractivity contribution < 1.29 is 81.6 Å². The van der Waals surface area contributed by atoms with Crippen LogP contribution in [0.25, 0.3) is 0 Å². The van der Waals surface area contributed by atoms with Crippen LogP contribution in [0.4, 0.5) is 0 Å². The summed E-state index contributed by atoms with van der Waals surface area (Å²) < 4.78 is 54.8. The van der Waals surface area contributed by atoms with Gasteiger partial charge in [0.2, 0.25) is 0 Å². The minimum Gasteiger partial charge on any atom is -0.457 e. The van der Waals surface area contributed by atoms with Gasteiger partial charge < -0.3 is 49.3 Å². The summed E-state index contributed by atoms with van der Waals surface area (Å²) in [4.78, 5) is 52.9. The SMILES string of the molecule is CCCCCCCCCCCCCCCC(=O)O[C@H](COCOCCCCCCCCCCC(=O)CCC)COP(=O)(O)OC1C(O)[C@H](O)C(OP(=O)(O)O)[C@H](O)[C@@H]1O. The van der Waals surface area contributed by atoms with E-state index in [9.17, 15) is 44.0 Å². The number of aliphatic hydroxyl groups excluding tert-OH is 4. The predicted molar refractivity (Wildman–Crippen MR) is 220 cm³/mol. The predicted octanol–water partition coefficient (Wildman–Crippen LogP) is 6.69. The first-order chi connectivity index (χ1) is 28.1. The third kappa shape index (κ3) is 28.4. The molecule has 1 aliphatic carbocycles. The molecule has 0 amide bonds. The molecule has 0 bridgehead atoms. The number of hydrogen-bond acceptors (Lipinski definition) is 14. The van der Waals surface area contributed by atoms with Crippen molar-refractivity contribution in [2.24, 2.45) is 0 Å². The fourth-order valence-corrected chi connectivity index (χ4v) is 8.43. The highest BCUT2D eigenvalue weighted by molar-refractivity contribution is 7.47. The number of phosphoric ester groups is 2. The van der Waals surface area contributed by atoms with Crippen LogP contribution in [0.1, 0.15) is 174 Å². The van der Waals surface area contributed by atoms with E-state index in [4.69, 9.17) is 33.0 Å². The summed E-state index contributed by atoms with van der Waals surface area (Å²) in [6.45, 7) is 3.52. The first-order valence-electron chi connectivity index (χ1n) is 22.1. The maximum Gasteiger partial charge on any atom is 0.472 e. The molecule has 1 fully saturated rings. The molecule has 0 spiro atoms. The van der Waals surface area contributed by atoms with E-state index in [0.717, 1.165) is 83.5 Å². The fourth-order valence-electron chi connectivity index (χ4n) is 6.89. The van der Waals surface area contributed by atoms with Crippen molar-refractivity contribution in [2.75, 3.05) is 26.6 Å². The number of carbonyl (C=O) groups excluding carboxylic acids is 2. The highest BCUT2D eigenvalue weighted by atomic mass is 31.2. The van der Waals surface area contributed by atoms with Gasteiger partial charge in [-0.15, -0.1) is 0 Å². The second-order valence-electron chi connectivity index (χ2n) is 15.7.